The largest absolute Gasteiger partial charge is 0.335 e. The second kappa shape index (κ2) is 10.1. The van der Waals surface area contributed by atoms with Gasteiger partial charge < -0.3 is 10.2 Å². The van der Waals surface area contributed by atoms with Gasteiger partial charge in [0.15, 0.2) is 0 Å². The van der Waals surface area contributed by atoms with Crippen molar-refractivity contribution in [1.29, 1.82) is 0 Å². The minimum absolute atomic E-state index is 0.0950. The Hall–Kier alpha value is -1.62. The molecule has 3 rings (SSSR count). The summed E-state index contributed by atoms with van der Waals surface area (Å²) in [5.74, 6) is -0.186. The van der Waals surface area contributed by atoms with E-state index in [9.17, 15) is 9.18 Å². The Kier molecular flexibility index (Phi) is 7.50. The Morgan fingerprint density at radius 2 is 1.63 bits per heavy atom. The summed E-state index contributed by atoms with van der Waals surface area (Å²) >= 11 is 0. The van der Waals surface area contributed by atoms with Crippen molar-refractivity contribution in [3.63, 3.8) is 0 Å². The summed E-state index contributed by atoms with van der Waals surface area (Å²) in [5.41, 5.74) is 1.14. The maximum Gasteiger partial charge on any atom is 0.317 e. The number of hydrogen-bond donors (Lipinski definition) is 1. The van der Waals surface area contributed by atoms with Crippen LogP contribution in [0.1, 0.15) is 63.4 Å². The highest BCUT2D eigenvalue weighted by Crippen LogP contribution is 2.21. The number of nitrogens with zero attached hydrogens (tertiary/aromatic N) is 2. The van der Waals surface area contributed by atoms with Crippen LogP contribution < -0.4 is 5.32 Å². The summed E-state index contributed by atoms with van der Waals surface area (Å²) < 4.78 is 13.0. The van der Waals surface area contributed by atoms with Gasteiger partial charge in [-0.2, -0.15) is 0 Å². The fourth-order valence-corrected chi connectivity index (χ4v) is 4.35. The number of nitrogens with one attached hydrogen (secondary N) is 1. The molecule has 1 aliphatic heterocycles. The summed E-state index contributed by atoms with van der Waals surface area (Å²) in [6.45, 7) is 2.79. The molecule has 0 bridgehead atoms. The van der Waals surface area contributed by atoms with Crippen molar-refractivity contribution in [3.05, 3.63) is 35.6 Å². The van der Waals surface area contributed by atoms with Crippen molar-refractivity contribution >= 4 is 6.03 Å². The predicted molar refractivity (Wildman–Crippen MR) is 107 cm³/mol. The maximum atomic E-state index is 13.0. The van der Waals surface area contributed by atoms with Crippen molar-refractivity contribution in [3.8, 4) is 0 Å². The number of hydrogen-bond acceptors (Lipinski definition) is 2. The lowest BCUT2D eigenvalue weighted by molar-refractivity contribution is 0.158. The highest BCUT2D eigenvalue weighted by Gasteiger charge is 2.25. The van der Waals surface area contributed by atoms with E-state index >= 15 is 0 Å². The maximum absolute atomic E-state index is 13.0. The molecule has 1 aromatic rings. The van der Waals surface area contributed by atoms with Crippen LogP contribution in [-0.4, -0.2) is 48.1 Å². The molecule has 1 saturated carbocycles. The third kappa shape index (κ3) is 6.20. The Labute approximate surface area is 163 Å². The minimum atomic E-state index is -0.186. The van der Waals surface area contributed by atoms with Gasteiger partial charge in [-0.05, 0) is 43.4 Å². The molecule has 1 saturated heterocycles. The average Bonchev–Trinajstić information content (AvgIpc) is 2.64. The van der Waals surface area contributed by atoms with E-state index in [0.29, 0.717) is 6.04 Å². The quantitative estimate of drug-likeness (QED) is 0.838. The molecule has 27 heavy (non-hydrogen) atoms. The Morgan fingerprint density at radius 1 is 1.04 bits per heavy atom. The number of benzene rings is 1. The van der Waals surface area contributed by atoms with Gasteiger partial charge >= 0.3 is 6.03 Å². The fraction of sp³-hybridized carbons (Fsp3) is 0.682. The first-order chi connectivity index (χ1) is 13.1. The Morgan fingerprint density at radius 3 is 2.26 bits per heavy atom. The molecular weight excluding hydrogens is 341 g/mol. The van der Waals surface area contributed by atoms with E-state index in [-0.39, 0.29) is 17.9 Å². The van der Waals surface area contributed by atoms with Crippen molar-refractivity contribution in [2.24, 2.45) is 0 Å². The van der Waals surface area contributed by atoms with Crippen LogP contribution in [0.4, 0.5) is 9.18 Å². The Bertz CT molecular complexity index is 576. The van der Waals surface area contributed by atoms with E-state index in [1.54, 1.807) is 0 Å². The number of likely N-dealkylation sites (tertiary alicyclic amines) is 1. The second-order valence-corrected chi connectivity index (χ2v) is 8.24. The van der Waals surface area contributed by atoms with Gasteiger partial charge in [0.25, 0.3) is 0 Å². The summed E-state index contributed by atoms with van der Waals surface area (Å²) in [6.07, 6.45) is 10.7. The van der Waals surface area contributed by atoms with Gasteiger partial charge in [-0.3, -0.25) is 4.90 Å². The number of rotatable bonds is 4. The van der Waals surface area contributed by atoms with Gasteiger partial charge in [-0.1, -0.05) is 44.2 Å². The SMILES string of the molecule is CN(C(=O)NC1CCN(Cc2ccc(F)cc2)CC1)C1CCCCCCC1. The molecular formula is C22H34FN3O. The standard InChI is InChI=1S/C22H34FN3O/c1-25(21-7-5-3-2-4-6-8-21)22(27)24-20-13-15-26(16-14-20)17-18-9-11-19(23)12-10-18/h9-12,20-21H,2-8,13-17H2,1H3,(H,24,27). The summed E-state index contributed by atoms with van der Waals surface area (Å²) in [4.78, 5) is 17.0. The van der Waals surface area contributed by atoms with Gasteiger partial charge in [0, 0.05) is 38.8 Å². The Balaban J connectivity index is 1.41. The molecule has 2 aliphatic rings. The number of halogens is 1. The van der Waals surface area contributed by atoms with Crippen molar-refractivity contribution in [2.75, 3.05) is 20.1 Å². The normalized spacial score (nSPS) is 20.7. The summed E-state index contributed by atoms with van der Waals surface area (Å²) in [7, 11) is 1.96. The van der Waals surface area contributed by atoms with Gasteiger partial charge in [0.2, 0.25) is 0 Å². The van der Waals surface area contributed by atoms with Crippen molar-refractivity contribution < 1.29 is 9.18 Å². The van der Waals surface area contributed by atoms with Crippen LogP contribution in [0.2, 0.25) is 0 Å². The molecule has 150 valence electrons. The molecule has 4 nitrogen and oxygen atoms in total. The molecule has 2 fully saturated rings. The fourth-order valence-electron chi connectivity index (χ4n) is 4.35. The minimum Gasteiger partial charge on any atom is -0.335 e. The van der Waals surface area contributed by atoms with Crippen LogP contribution in [0.5, 0.6) is 0 Å². The number of urea groups is 1. The first kappa shape index (κ1) is 20.1. The average molecular weight is 376 g/mol. The van der Waals surface area contributed by atoms with E-state index < -0.39 is 0 Å². The monoisotopic (exact) mass is 375 g/mol. The lowest BCUT2D eigenvalue weighted by atomic mass is 9.96. The molecule has 1 aromatic carbocycles. The van der Waals surface area contributed by atoms with E-state index in [2.05, 4.69) is 10.2 Å². The van der Waals surface area contributed by atoms with Crippen molar-refractivity contribution in [2.45, 2.75) is 76.4 Å². The number of piperidine rings is 1. The van der Waals surface area contributed by atoms with Gasteiger partial charge in [-0.15, -0.1) is 0 Å². The third-order valence-corrected chi connectivity index (χ3v) is 6.18. The van der Waals surface area contributed by atoms with Crippen molar-refractivity contribution in [1.82, 2.24) is 15.1 Å². The number of amides is 2. The van der Waals surface area contributed by atoms with Gasteiger partial charge in [0.05, 0.1) is 0 Å². The van der Waals surface area contributed by atoms with Gasteiger partial charge in [-0.25, -0.2) is 9.18 Å². The molecule has 5 heteroatoms. The molecule has 1 aliphatic carbocycles. The van der Waals surface area contributed by atoms with E-state index in [1.165, 1.54) is 44.2 Å². The summed E-state index contributed by atoms with van der Waals surface area (Å²) in [6, 6.07) is 7.50. The lowest BCUT2D eigenvalue weighted by Crippen LogP contribution is -2.50. The predicted octanol–water partition coefficient (Wildman–Crippen LogP) is 4.54. The molecule has 0 spiro atoms. The van der Waals surface area contributed by atoms with E-state index in [0.717, 1.165) is 50.9 Å². The first-order valence-corrected chi connectivity index (χ1v) is 10.6. The molecule has 2 amide bonds. The zero-order valence-corrected chi connectivity index (χ0v) is 16.6. The van der Waals surface area contributed by atoms with Crippen LogP contribution in [0, 0.1) is 5.82 Å². The van der Waals surface area contributed by atoms with Gasteiger partial charge in [0.1, 0.15) is 5.82 Å². The first-order valence-electron chi connectivity index (χ1n) is 10.6. The topological polar surface area (TPSA) is 35.6 Å². The van der Waals surface area contributed by atoms with Crippen LogP contribution in [0.25, 0.3) is 0 Å². The second-order valence-electron chi connectivity index (χ2n) is 8.24. The third-order valence-electron chi connectivity index (χ3n) is 6.18. The molecule has 1 N–H and O–H groups in total. The van der Waals surface area contributed by atoms with Crippen LogP contribution in [0.15, 0.2) is 24.3 Å². The molecule has 0 unspecified atom stereocenters. The number of carbonyl (C=O) groups is 1. The smallest absolute Gasteiger partial charge is 0.317 e. The van der Waals surface area contributed by atoms with E-state index in [1.807, 2.05) is 24.1 Å². The highest BCUT2D eigenvalue weighted by atomic mass is 19.1. The molecule has 0 aromatic heterocycles. The van der Waals surface area contributed by atoms with Crippen LogP contribution in [-0.2, 0) is 6.54 Å². The zero-order valence-electron chi connectivity index (χ0n) is 16.6. The van der Waals surface area contributed by atoms with E-state index in [4.69, 9.17) is 0 Å². The highest BCUT2D eigenvalue weighted by molar-refractivity contribution is 5.74. The zero-order chi connectivity index (χ0) is 19.1. The summed E-state index contributed by atoms with van der Waals surface area (Å²) in [5, 5.41) is 3.25. The van der Waals surface area contributed by atoms with Crippen LogP contribution in [0.3, 0.4) is 0 Å². The molecule has 0 atom stereocenters. The lowest BCUT2D eigenvalue weighted by Gasteiger charge is -2.35. The number of carbonyl (C=O) groups excluding carboxylic acids is 1. The molecule has 0 radical (unpaired) electrons. The molecule has 1 heterocycles. The van der Waals surface area contributed by atoms with Crippen LogP contribution >= 0.6 is 0 Å².